The van der Waals surface area contributed by atoms with Gasteiger partial charge in [0.15, 0.2) is 5.11 Å². The van der Waals surface area contributed by atoms with Crippen molar-refractivity contribution in [2.24, 2.45) is 0 Å². The Morgan fingerprint density at radius 3 is 2.69 bits per heavy atom. The summed E-state index contributed by atoms with van der Waals surface area (Å²) in [6, 6.07) is 7.49. The van der Waals surface area contributed by atoms with Crippen LogP contribution in [0.25, 0.3) is 17.4 Å². The summed E-state index contributed by atoms with van der Waals surface area (Å²) >= 11 is 8.15. The lowest BCUT2D eigenvalue weighted by molar-refractivity contribution is -0.384. The minimum absolute atomic E-state index is 0.0343. The first-order valence-electron chi connectivity index (χ1n) is 7.17. The maximum absolute atomic E-state index is 12.2. The predicted octanol–water partition coefficient (Wildman–Crippen LogP) is 2.87. The maximum atomic E-state index is 12.2. The number of nitrogens with zero attached hydrogens (tertiary/aromatic N) is 2. The van der Waals surface area contributed by atoms with Crippen LogP contribution in [0, 0.1) is 10.1 Å². The lowest BCUT2D eigenvalue weighted by atomic mass is 10.1. The summed E-state index contributed by atoms with van der Waals surface area (Å²) in [6.45, 7) is 0. The molecule has 1 aliphatic rings. The quantitative estimate of drug-likeness (QED) is 0.261. The lowest BCUT2D eigenvalue weighted by Gasteiger charge is -2.24. The van der Waals surface area contributed by atoms with Gasteiger partial charge in [-0.3, -0.25) is 29.9 Å². The summed E-state index contributed by atoms with van der Waals surface area (Å²) in [6.07, 6.45) is 1.32. The van der Waals surface area contributed by atoms with Crippen LogP contribution in [-0.4, -0.2) is 33.8 Å². The molecule has 2 heterocycles. The number of nitrogens with one attached hydrogen (secondary N) is 1. The number of carbonyl (C=O) groups excluding carboxylic acids is 2. The van der Waals surface area contributed by atoms with Crippen molar-refractivity contribution in [2.75, 3.05) is 7.05 Å². The average Bonchev–Trinajstić information content (AvgIpc) is 3.05. The molecule has 0 spiro atoms. The predicted molar refractivity (Wildman–Crippen MR) is 100.0 cm³/mol. The van der Waals surface area contributed by atoms with Crippen molar-refractivity contribution < 1.29 is 18.9 Å². The first kappa shape index (κ1) is 18.0. The molecule has 3 rings (SSSR count). The van der Waals surface area contributed by atoms with Crippen LogP contribution in [-0.2, 0) is 9.59 Å². The summed E-state index contributed by atoms with van der Waals surface area (Å²) in [4.78, 5) is 35.6. The molecule has 2 aromatic rings. The lowest BCUT2D eigenvalue weighted by Crippen LogP contribution is -2.52. The van der Waals surface area contributed by atoms with Gasteiger partial charge in [-0.2, -0.15) is 0 Å². The van der Waals surface area contributed by atoms with E-state index in [1.54, 1.807) is 18.2 Å². The van der Waals surface area contributed by atoms with Crippen molar-refractivity contribution >= 4 is 56.8 Å². The molecule has 8 nitrogen and oxygen atoms in total. The molecule has 1 N–H and O–H groups in total. The second-order valence-corrected chi connectivity index (χ2v) is 6.55. The fourth-order valence-corrected chi connectivity index (χ4v) is 3.02. The Hall–Kier alpha value is -2.85. The number of furan rings is 1. The van der Waals surface area contributed by atoms with Crippen molar-refractivity contribution in [1.82, 2.24) is 10.2 Å². The number of halogens is 1. The van der Waals surface area contributed by atoms with Gasteiger partial charge in [0, 0.05) is 29.2 Å². The summed E-state index contributed by atoms with van der Waals surface area (Å²) in [5.41, 5.74) is 0.431. The Balaban J connectivity index is 1.93. The SMILES string of the molecule is CN1C(=O)/C(=C\c2ccc(-c3ccc([N+](=O)[O-])cc3Br)o2)C(=O)NC1=S. The van der Waals surface area contributed by atoms with Crippen LogP contribution in [0.3, 0.4) is 0 Å². The van der Waals surface area contributed by atoms with Crippen LogP contribution < -0.4 is 5.32 Å². The highest BCUT2D eigenvalue weighted by molar-refractivity contribution is 9.10. The molecule has 1 saturated heterocycles. The van der Waals surface area contributed by atoms with Crippen molar-refractivity contribution in [3.05, 3.63) is 56.3 Å². The van der Waals surface area contributed by atoms with E-state index in [9.17, 15) is 19.7 Å². The number of benzene rings is 1. The van der Waals surface area contributed by atoms with Gasteiger partial charge in [-0.25, -0.2) is 0 Å². The molecule has 0 bridgehead atoms. The Morgan fingerprint density at radius 2 is 2.04 bits per heavy atom. The van der Waals surface area contributed by atoms with Gasteiger partial charge < -0.3 is 4.42 Å². The highest BCUT2D eigenvalue weighted by Gasteiger charge is 2.31. The Kier molecular flexibility index (Phi) is 4.70. The third-order valence-electron chi connectivity index (χ3n) is 3.65. The summed E-state index contributed by atoms with van der Waals surface area (Å²) in [7, 11) is 1.46. The minimum Gasteiger partial charge on any atom is -0.457 e. The van der Waals surface area contributed by atoms with Gasteiger partial charge in [0.2, 0.25) is 0 Å². The molecule has 1 aromatic carbocycles. The summed E-state index contributed by atoms with van der Waals surface area (Å²) < 4.78 is 6.14. The molecule has 1 aromatic heterocycles. The van der Waals surface area contributed by atoms with E-state index in [-0.39, 0.29) is 22.1 Å². The number of rotatable bonds is 3. The van der Waals surface area contributed by atoms with Gasteiger partial charge in [0.25, 0.3) is 17.5 Å². The molecule has 1 aliphatic heterocycles. The third kappa shape index (κ3) is 3.28. The molecular formula is C16H10BrN3O5S. The van der Waals surface area contributed by atoms with Crippen LogP contribution in [0.2, 0.25) is 0 Å². The molecule has 26 heavy (non-hydrogen) atoms. The topological polar surface area (TPSA) is 106 Å². The van der Waals surface area contributed by atoms with E-state index < -0.39 is 16.7 Å². The highest BCUT2D eigenvalue weighted by Crippen LogP contribution is 2.33. The normalized spacial score (nSPS) is 16.2. The zero-order chi connectivity index (χ0) is 19.0. The first-order chi connectivity index (χ1) is 12.3. The third-order valence-corrected chi connectivity index (χ3v) is 4.68. The summed E-state index contributed by atoms with van der Waals surface area (Å²) in [5.74, 6) is -0.433. The molecular weight excluding hydrogens is 426 g/mol. The fourth-order valence-electron chi connectivity index (χ4n) is 2.28. The van der Waals surface area contributed by atoms with Crippen LogP contribution >= 0.6 is 28.1 Å². The van der Waals surface area contributed by atoms with E-state index in [1.165, 1.54) is 25.3 Å². The van der Waals surface area contributed by atoms with E-state index in [1.807, 2.05) is 0 Å². The molecule has 2 amide bonds. The van der Waals surface area contributed by atoms with E-state index in [4.69, 9.17) is 16.6 Å². The van der Waals surface area contributed by atoms with Gasteiger partial charge in [0.05, 0.1) is 4.92 Å². The Morgan fingerprint density at radius 1 is 1.31 bits per heavy atom. The van der Waals surface area contributed by atoms with Gasteiger partial charge >= 0.3 is 0 Å². The number of likely N-dealkylation sites (N-methyl/N-ethyl adjacent to an activating group) is 1. The van der Waals surface area contributed by atoms with Crippen molar-refractivity contribution in [3.63, 3.8) is 0 Å². The number of hydrogen-bond acceptors (Lipinski definition) is 6. The number of thiocarbonyl (C=S) groups is 1. The molecule has 10 heteroatoms. The number of hydrogen-bond donors (Lipinski definition) is 1. The molecule has 0 atom stereocenters. The largest absolute Gasteiger partial charge is 0.457 e. The molecule has 132 valence electrons. The maximum Gasteiger partial charge on any atom is 0.270 e. The van der Waals surface area contributed by atoms with Crippen LogP contribution in [0.1, 0.15) is 5.76 Å². The second-order valence-electron chi connectivity index (χ2n) is 5.30. The second kappa shape index (κ2) is 6.81. The molecule has 0 unspecified atom stereocenters. The number of nitro groups is 1. The Bertz CT molecular complexity index is 998. The van der Waals surface area contributed by atoms with Crippen molar-refractivity contribution in [3.8, 4) is 11.3 Å². The van der Waals surface area contributed by atoms with Crippen LogP contribution in [0.4, 0.5) is 5.69 Å². The standard InChI is InChI=1S/C16H10BrN3O5S/c1-19-15(22)11(14(21)18-16(19)26)7-9-3-5-13(25-9)10-4-2-8(20(23)24)6-12(10)17/h2-7H,1H3,(H,18,21,26)/b11-7-. The fraction of sp³-hybridized carbons (Fsp3) is 0.0625. The van der Waals surface area contributed by atoms with Gasteiger partial charge in [-0.15, -0.1) is 0 Å². The average molecular weight is 436 g/mol. The number of non-ortho nitro benzene ring substituents is 1. The van der Waals surface area contributed by atoms with E-state index in [0.717, 1.165) is 4.90 Å². The van der Waals surface area contributed by atoms with Crippen molar-refractivity contribution in [2.45, 2.75) is 0 Å². The first-order valence-corrected chi connectivity index (χ1v) is 8.37. The molecule has 0 radical (unpaired) electrons. The zero-order valence-corrected chi connectivity index (χ0v) is 15.6. The van der Waals surface area contributed by atoms with Gasteiger partial charge in [-0.1, -0.05) is 0 Å². The van der Waals surface area contributed by atoms with E-state index >= 15 is 0 Å². The number of carbonyl (C=O) groups is 2. The monoisotopic (exact) mass is 435 g/mol. The Labute approximate surface area is 160 Å². The van der Waals surface area contributed by atoms with Gasteiger partial charge in [0.1, 0.15) is 17.1 Å². The zero-order valence-electron chi connectivity index (χ0n) is 13.2. The highest BCUT2D eigenvalue weighted by atomic mass is 79.9. The van der Waals surface area contributed by atoms with Crippen LogP contribution in [0.15, 0.2) is 44.8 Å². The number of nitro benzene ring substituents is 1. The van der Waals surface area contributed by atoms with Gasteiger partial charge in [-0.05, 0) is 52.4 Å². The van der Waals surface area contributed by atoms with E-state index in [2.05, 4.69) is 21.2 Å². The van der Waals surface area contributed by atoms with Crippen LogP contribution in [0.5, 0.6) is 0 Å². The summed E-state index contributed by atoms with van der Waals surface area (Å²) in [5, 5.41) is 13.3. The van der Waals surface area contributed by atoms with Crippen molar-refractivity contribution in [1.29, 1.82) is 0 Å². The number of amides is 2. The molecule has 0 saturated carbocycles. The molecule has 0 aliphatic carbocycles. The minimum atomic E-state index is -0.604. The van der Waals surface area contributed by atoms with E-state index in [0.29, 0.717) is 15.8 Å². The molecule has 1 fully saturated rings. The smallest absolute Gasteiger partial charge is 0.270 e.